The minimum absolute atomic E-state index is 0.0160. The van der Waals surface area contributed by atoms with Gasteiger partial charge >= 0.3 is 11.9 Å². The van der Waals surface area contributed by atoms with Crippen LogP contribution in [0.3, 0.4) is 0 Å². The lowest BCUT2D eigenvalue weighted by Crippen LogP contribution is -2.38. The number of nitrogens with one attached hydrogen (secondary N) is 1. The van der Waals surface area contributed by atoms with E-state index in [1.165, 1.54) is 0 Å². The first kappa shape index (κ1) is 14.0. The zero-order valence-electron chi connectivity index (χ0n) is 11.0. The van der Waals surface area contributed by atoms with Crippen molar-refractivity contribution >= 4 is 23.3 Å². The van der Waals surface area contributed by atoms with E-state index in [9.17, 15) is 9.59 Å². The summed E-state index contributed by atoms with van der Waals surface area (Å²) in [5, 5.41) is 12.0. The third-order valence-corrected chi connectivity index (χ3v) is 3.68. The number of esters is 1. The van der Waals surface area contributed by atoms with Gasteiger partial charge in [-0.05, 0) is 20.8 Å². The molecule has 0 aliphatic carbocycles. The molecule has 0 aromatic carbocycles. The minimum atomic E-state index is -1.07. The molecule has 19 heavy (non-hydrogen) atoms. The van der Waals surface area contributed by atoms with E-state index in [0.717, 1.165) is 11.3 Å². The molecule has 1 atom stereocenters. The maximum Gasteiger partial charge on any atom is 0.365 e. The van der Waals surface area contributed by atoms with Gasteiger partial charge in [0.2, 0.25) is 5.01 Å². The van der Waals surface area contributed by atoms with Crippen molar-refractivity contribution in [2.45, 2.75) is 38.8 Å². The van der Waals surface area contributed by atoms with Crippen molar-refractivity contribution in [2.24, 2.45) is 0 Å². The maximum atomic E-state index is 12.1. The summed E-state index contributed by atoms with van der Waals surface area (Å²) >= 11 is 1.03. The molecule has 0 saturated heterocycles. The number of fused-ring (bicyclic) bond motifs is 1. The van der Waals surface area contributed by atoms with E-state index in [-0.39, 0.29) is 5.01 Å². The summed E-state index contributed by atoms with van der Waals surface area (Å²) in [6.45, 7) is 5.97. The average Bonchev–Trinajstić information content (AvgIpc) is 2.69. The van der Waals surface area contributed by atoms with Gasteiger partial charge in [0, 0.05) is 13.0 Å². The normalized spacial score (nSPS) is 18.8. The highest BCUT2D eigenvalue weighted by molar-refractivity contribution is 7.13. The molecule has 1 unspecified atom stereocenters. The molecule has 2 rings (SSSR count). The molecular weight excluding hydrogens is 268 g/mol. The minimum Gasteiger partial charge on any atom is -0.476 e. The Balaban J connectivity index is 2.26. The van der Waals surface area contributed by atoms with Crippen molar-refractivity contribution in [3.63, 3.8) is 0 Å². The second kappa shape index (κ2) is 4.90. The van der Waals surface area contributed by atoms with Crippen LogP contribution in [0.5, 0.6) is 0 Å². The Morgan fingerprint density at radius 2 is 2.16 bits per heavy atom. The topological polar surface area (TPSA) is 88.5 Å². The molecule has 0 bridgehead atoms. The number of carbonyl (C=O) groups excluding carboxylic acids is 1. The van der Waals surface area contributed by atoms with E-state index in [4.69, 9.17) is 9.84 Å². The van der Waals surface area contributed by atoms with Crippen LogP contribution in [-0.4, -0.2) is 34.2 Å². The quantitative estimate of drug-likeness (QED) is 0.797. The van der Waals surface area contributed by atoms with Gasteiger partial charge in [-0.3, -0.25) is 5.32 Å². The fourth-order valence-corrected chi connectivity index (χ4v) is 2.85. The van der Waals surface area contributed by atoms with Crippen LogP contribution in [0.25, 0.3) is 0 Å². The molecule has 0 amide bonds. The Bertz CT molecular complexity index is 518. The molecule has 1 aromatic rings. The van der Waals surface area contributed by atoms with Crippen LogP contribution >= 0.6 is 11.3 Å². The summed E-state index contributed by atoms with van der Waals surface area (Å²) in [5.41, 5.74) is 0.105. The standard InChI is InChI=1S/C12H16N2O4S/c1-12(2,3)18-11(17)7-8-6(4-5-13-7)14-9(19-8)10(15)16/h7,13H,4-5H2,1-3H3,(H,15,16). The molecular formula is C12H16N2O4S. The van der Waals surface area contributed by atoms with Gasteiger partial charge in [0.05, 0.1) is 10.6 Å². The number of rotatable bonds is 2. The predicted molar refractivity (Wildman–Crippen MR) is 69.4 cm³/mol. The van der Waals surface area contributed by atoms with Crippen LogP contribution in [-0.2, 0) is 16.0 Å². The number of hydrogen-bond donors (Lipinski definition) is 2. The van der Waals surface area contributed by atoms with Gasteiger partial charge in [-0.15, -0.1) is 11.3 Å². The number of nitrogens with zero attached hydrogens (tertiary/aromatic N) is 1. The van der Waals surface area contributed by atoms with Crippen LogP contribution in [0.2, 0.25) is 0 Å². The number of carbonyl (C=O) groups is 2. The fourth-order valence-electron chi connectivity index (χ4n) is 1.84. The molecule has 0 spiro atoms. The first-order chi connectivity index (χ1) is 8.78. The number of ether oxygens (including phenoxy) is 1. The van der Waals surface area contributed by atoms with Crippen LogP contribution in [0, 0.1) is 0 Å². The zero-order chi connectivity index (χ0) is 14.2. The molecule has 1 aliphatic rings. The van der Waals surface area contributed by atoms with E-state index in [1.54, 1.807) is 20.8 Å². The Kier molecular flexibility index (Phi) is 3.60. The number of carboxylic acids is 1. The molecule has 0 radical (unpaired) electrons. The summed E-state index contributed by atoms with van der Waals surface area (Å²) < 4.78 is 5.33. The summed E-state index contributed by atoms with van der Waals surface area (Å²) in [6, 6.07) is -0.617. The Morgan fingerprint density at radius 1 is 1.47 bits per heavy atom. The highest BCUT2D eigenvalue weighted by atomic mass is 32.1. The second-order valence-corrected chi connectivity index (χ2v) is 6.34. The molecule has 2 heterocycles. The second-order valence-electron chi connectivity index (χ2n) is 5.31. The van der Waals surface area contributed by atoms with E-state index in [2.05, 4.69) is 10.3 Å². The molecule has 2 N–H and O–H groups in total. The molecule has 7 heteroatoms. The van der Waals surface area contributed by atoms with E-state index in [1.807, 2.05) is 0 Å². The first-order valence-corrected chi connectivity index (χ1v) is 6.79. The lowest BCUT2D eigenvalue weighted by atomic mass is 10.1. The van der Waals surface area contributed by atoms with Crippen molar-refractivity contribution < 1.29 is 19.4 Å². The SMILES string of the molecule is CC(C)(C)OC(=O)C1NCCc2nc(C(=O)O)sc21. The number of aromatic carboxylic acids is 1. The third-order valence-electron chi connectivity index (χ3n) is 2.53. The van der Waals surface area contributed by atoms with Crippen molar-refractivity contribution in [3.8, 4) is 0 Å². The first-order valence-electron chi connectivity index (χ1n) is 5.97. The molecule has 6 nitrogen and oxygen atoms in total. The molecule has 104 valence electrons. The molecule has 1 aromatic heterocycles. The summed E-state index contributed by atoms with van der Waals surface area (Å²) in [6.07, 6.45) is 0.623. The summed E-state index contributed by atoms with van der Waals surface area (Å²) in [5.74, 6) is -1.46. The lowest BCUT2D eigenvalue weighted by molar-refractivity contribution is -0.157. The summed E-state index contributed by atoms with van der Waals surface area (Å²) in [4.78, 5) is 27.7. The number of aromatic nitrogens is 1. The fraction of sp³-hybridized carbons (Fsp3) is 0.583. The van der Waals surface area contributed by atoms with Gasteiger partial charge in [-0.2, -0.15) is 0 Å². The maximum absolute atomic E-state index is 12.1. The van der Waals surface area contributed by atoms with Gasteiger partial charge in [0.15, 0.2) is 0 Å². The number of thiazole rings is 1. The van der Waals surface area contributed by atoms with Gasteiger partial charge in [-0.25, -0.2) is 14.6 Å². The molecule has 0 saturated carbocycles. The number of carboxylic acid groups (broad SMARTS) is 1. The van der Waals surface area contributed by atoms with E-state index in [0.29, 0.717) is 23.5 Å². The predicted octanol–water partition coefficient (Wildman–Crippen LogP) is 1.37. The van der Waals surface area contributed by atoms with Gasteiger partial charge in [0.1, 0.15) is 11.6 Å². The third kappa shape index (κ3) is 3.10. The van der Waals surface area contributed by atoms with Gasteiger partial charge < -0.3 is 9.84 Å². The average molecular weight is 284 g/mol. The van der Waals surface area contributed by atoms with Gasteiger partial charge in [-0.1, -0.05) is 0 Å². The molecule has 1 aliphatic heterocycles. The van der Waals surface area contributed by atoms with Crippen molar-refractivity contribution in [1.29, 1.82) is 0 Å². The Hall–Kier alpha value is -1.47. The Labute approximate surface area is 114 Å². The van der Waals surface area contributed by atoms with Crippen LogP contribution < -0.4 is 5.32 Å². The van der Waals surface area contributed by atoms with Crippen LogP contribution in [0.15, 0.2) is 0 Å². The smallest absolute Gasteiger partial charge is 0.365 e. The highest BCUT2D eigenvalue weighted by Gasteiger charge is 2.33. The van der Waals surface area contributed by atoms with E-state index >= 15 is 0 Å². The highest BCUT2D eigenvalue weighted by Crippen LogP contribution is 2.30. The van der Waals surface area contributed by atoms with E-state index < -0.39 is 23.6 Å². The largest absolute Gasteiger partial charge is 0.476 e. The van der Waals surface area contributed by atoms with Crippen molar-refractivity contribution in [1.82, 2.24) is 10.3 Å². The number of hydrogen-bond acceptors (Lipinski definition) is 6. The van der Waals surface area contributed by atoms with Crippen LogP contribution in [0.1, 0.15) is 47.2 Å². The molecule has 0 fully saturated rings. The van der Waals surface area contributed by atoms with Gasteiger partial charge in [0.25, 0.3) is 0 Å². The van der Waals surface area contributed by atoms with Crippen molar-refractivity contribution in [3.05, 3.63) is 15.6 Å². The van der Waals surface area contributed by atoms with Crippen LogP contribution in [0.4, 0.5) is 0 Å². The van der Waals surface area contributed by atoms with Crippen molar-refractivity contribution in [2.75, 3.05) is 6.54 Å². The summed E-state index contributed by atoms with van der Waals surface area (Å²) in [7, 11) is 0. The monoisotopic (exact) mass is 284 g/mol. The lowest BCUT2D eigenvalue weighted by Gasteiger charge is -2.26. The zero-order valence-corrected chi connectivity index (χ0v) is 11.8. The Morgan fingerprint density at radius 3 is 2.74 bits per heavy atom.